The molecule has 1 aromatic heterocycles. The second-order valence-electron chi connectivity index (χ2n) is 3.46. The summed E-state index contributed by atoms with van der Waals surface area (Å²) in [5.41, 5.74) is 0. The summed E-state index contributed by atoms with van der Waals surface area (Å²) in [6, 6.07) is 3.50. The highest BCUT2D eigenvalue weighted by atomic mass is 32.2. The lowest BCUT2D eigenvalue weighted by Gasteiger charge is -2.07. The van der Waals surface area contributed by atoms with E-state index in [2.05, 4.69) is 10.3 Å². The maximum absolute atomic E-state index is 10.7. The van der Waals surface area contributed by atoms with Crippen molar-refractivity contribution in [2.24, 2.45) is 0 Å². The fourth-order valence-electron chi connectivity index (χ4n) is 1.59. The second kappa shape index (κ2) is 4.63. The molecule has 2 heterocycles. The first-order valence-electron chi connectivity index (χ1n) is 4.78. The molecule has 1 aliphatic heterocycles. The van der Waals surface area contributed by atoms with Gasteiger partial charge in [0.05, 0.1) is 0 Å². The molecule has 1 aliphatic rings. The monoisotopic (exact) mass is 224 g/mol. The molecule has 15 heavy (non-hydrogen) atoms. The van der Waals surface area contributed by atoms with Crippen LogP contribution in [0.3, 0.4) is 0 Å². The molecule has 80 valence electrons. The van der Waals surface area contributed by atoms with Crippen LogP contribution >= 0.6 is 11.8 Å². The Labute approximate surface area is 92.1 Å². The van der Waals surface area contributed by atoms with Crippen molar-refractivity contribution in [3.63, 3.8) is 0 Å². The van der Waals surface area contributed by atoms with Gasteiger partial charge < -0.3 is 10.4 Å². The lowest BCUT2D eigenvalue weighted by Crippen LogP contribution is -2.29. The van der Waals surface area contributed by atoms with Crippen LogP contribution in [0.25, 0.3) is 0 Å². The van der Waals surface area contributed by atoms with Crippen LogP contribution in [-0.4, -0.2) is 33.9 Å². The quantitative estimate of drug-likeness (QED) is 0.801. The first-order valence-corrected chi connectivity index (χ1v) is 5.66. The summed E-state index contributed by atoms with van der Waals surface area (Å²) in [5, 5.41) is 12.1. The summed E-state index contributed by atoms with van der Waals surface area (Å²) >= 11 is 1.71. The molecule has 2 atom stereocenters. The van der Waals surface area contributed by atoms with E-state index in [1.54, 1.807) is 24.2 Å². The minimum atomic E-state index is -0.757. The summed E-state index contributed by atoms with van der Waals surface area (Å²) < 4.78 is 0. The van der Waals surface area contributed by atoms with Gasteiger partial charge in [0.15, 0.2) is 0 Å². The number of aliphatic carboxylic acids is 1. The number of thioether (sulfide) groups is 1. The van der Waals surface area contributed by atoms with Crippen LogP contribution in [0.2, 0.25) is 0 Å². The van der Waals surface area contributed by atoms with Crippen LogP contribution in [0.1, 0.15) is 6.42 Å². The minimum Gasteiger partial charge on any atom is -0.480 e. The van der Waals surface area contributed by atoms with E-state index in [1.807, 2.05) is 12.1 Å². The second-order valence-corrected chi connectivity index (χ2v) is 4.83. The maximum Gasteiger partial charge on any atom is 0.320 e. The number of carbonyl (C=O) groups is 1. The Hall–Kier alpha value is -1.07. The summed E-state index contributed by atoms with van der Waals surface area (Å²) in [4.78, 5) is 15.8. The van der Waals surface area contributed by atoms with E-state index < -0.39 is 5.97 Å². The Bertz CT molecular complexity index is 345. The average Bonchev–Trinajstić information content (AvgIpc) is 2.68. The lowest BCUT2D eigenvalue weighted by molar-refractivity contribution is -0.139. The van der Waals surface area contributed by atoms with Gasteiger partial charge in [-0.05, 0) is 18.6 Å². The molecule has 5 heteroatoms. The topological polar surface area (TPSA) is 62.2 Å². The highest BCUT2D eigenvalue weighted by molar-refractivity contribution is 8.00. The van der Waals surface area contributed by atoms with E-state index in [4.69, 9.17) is 5.11 Å². The van der Waals surface area contributed by atoms with Gasteiger partial charge in [-0.25, -0.2) is 0 Å². The van der Waals surface area contributed by atoms with Gasteiger partial charge in [-0.3, -0.25) is 9.78 Å². The zero-order valence-electron chi connectivity index (χ0n) is 8.09. The zero-order valence-corrected chi connectivity index (χ0v) is 8.91. The molecule has 0 radical (unpaired) electrons. The van der Waals surface area contributed by atoms with Crippen molar-refractivity contribution in [3.05, 3.63) is 24.5 Å². The Morgan fingerprint density at radius 3 is 2.87 bits per heavy atom. The fraction of sp³-hybridized carbons (Fsp3) is 0.400. The van der Waals surface area contributed by atoms with Crippen molar-refractivity contribution in [3.8, 4) is 0 Å². The predicted molar refractivity (Wildman–Crippen MR) is 57.9 cm³/mol. The molecule has 2 N–H and O–H groups in total. The summed E-state index contributed by atoms with van der Waals surface area (Å²) in [6.45, 7) is 0.754. The third-order valence-corrected chi connectivity index (χ3v) is 3.58. The van der Waals surface area contributed by atoms with Crippen LogP contribution in [0, 0.1) is 0 Å². The molecule has 0 bridgehead atoms. The van der Waals surface area contributed by atoms with Crippen LogP contribution in [-0.2, 0) is 4.79 Å². The molecule has 4 nitrogen and oxygen atoms in total. The Kier molecular flexibility index (Phi) is 3.23. The SMILES string of the molecule is O=C(O)C1CC(Sc2ccncc2)CN1. The van der Waals surface area contributed by atoms with Crippen molar-refractivity contribution < 1.29 is 9.90 Å². The molecule has 0 saturated carbocycles. The van der Waals surface area contributed by atoms with Crippen molar-refractivity contribution >= 4 is 17.7 Å². The normalized spacial score (nSPS) is 25.3. The number of hydrogen-bond acceptors (Lipinski definition) is 4. The number of nitrogens with one attached hydrogen (secondary N) is 1. The van der Waals surface area contributed by atoms with Gasteiger partial charge in [-0.15, -0.1) is 11.8 Å². The molecule has 0 aliphatic carbocycles. The Morgan fingerprint density at radius 1 is 1.53 bits per heavy atom. The predicted octanol–water partition coefficient (Wildman–Crippen LogP) is 0.989. The highest BCUT2D eigenvalue weighted by Crippen LogP contribution is 2.28. The lowest BCUT2D eigenvalue weighted by atomic mass is 10.2. The standard InChI is InChI=1S/C10H12N2O2S/c13-10(14)9-5-8(6-12-9)15-7-1-3-11-4-2-7/h1-4,8-9,12H,5-6H2,(H,13,14). The van der Waals surface area contributed by atoms with Crippen LogP contribution in [0.15, 0.2) is 29.4 Å². The van der Waals surface area contributed by atoms with E-state index >= 15 is 0 Å². The number of rotatable bonds is 3. The number of carboxylic acid groups (broad SMARTS) is 1. The first kappa shape index (κ1) is 10.4. The van der Waals surface area contributed by atoms with E-state index in [9.17, 15) is 4.79 Å². The van der Waals surface area contributed by atoms with Crippen LogP contribution < -0.4 is 5.32 Å². The molecule has 2 unspecified atom stereocenters. The van der Waals surface area contributed by atoms with Gasteiger partial charge in [0.2, 0.25) is 0 Å². The van der Waals surface area contributed by atoms with Gasteiger partial charge in [0, 0.05) is 29.1 Å². The molecule has 2 rings (SSSR count). The summed E-state index contributed by atoms with van der Waals surface area (Å²) in [6.07, 6.45) is 4.18. The molecule has 1 aromatic rings. The molecule has 1 fully saturated rings. The van der Waals surface area contributed by atoms with E-state index in [0.717, 1.165) is 11.4 Å². The Balaban J connectivity index is 1.90. The van der Waals surface area contributed by atoms with E-state index in [0.29, 0.717) is 11.7 Å². The molecule has 1 saturated heterocycles. The largest absolute Gasteiger partial charge is 0.480 e. The van der Waals surface area contributed by atoms with Crippen molar-refractivity contribution in [1.82, 2.24) is 10.3 Å². The average molecular weight is 224 g/mol. The molecule has 0 spiro atoms. The van der Waals surface area contributed by atoms with Crippen LogP contribution in [0.4, 0.5) is 0 Å². The number of pyridine rings is 1. The molecule has 0 aromatic carbocycles. The van der Waals surface area contributed by atoms with Crippen LogP contribution in [0.5, 0.6) is 0 Å². The smallest absolute Gasteiger partial charge is 0.320 e. The third-order valence-electron chi connectivity index (χ3n) is 2.34. The van der Waals surface area contributed by atoms with E-state index in [-0.39, 0.29) is 6.04 Å². The number of hydrogen-bond donors (Lipinski definition) is 2. The Morgan fingerprint density at radius 2 is 2.27 bits per heavy atom. The summed E-state index contributed by atoms with van der Waals surface area (Å²) in [5.74, 6) is -0.757. The number of aromatic nitrogens is 1. The number of nitrogens with zero attached hydrogens (tertiary/aromatic N) is 1. The van der Waals surface area contributed by atoms with Crippen molar-refractivity contribution in [1.29, 1.82) is 0 Å². The molecular formula is C10H12N2O2S. The van der Waals surface area contributed by atoms with Crippen molar-refractivity contribution in [2.45, 2.75) is 22.6 Å². The maximum atomic E-state index is 10.7. The van der Waals surface area contributed by atoms with Crippen molar-refractivity contribution in [2.75, 3.05) is 6.54 Å². The first-order chi connectivity index (χ1) is 7.25. The molecular weight excluding hydrogens is 212 g/mol. The van der Waals surface area contributed by atoms with Gasteiger partial charge in [-0.2, -0.15) is 0 Å². The van der Waals surface area contributed by atoms with E-state index in [1.165, 1.54) is 0 Å². The zero-order chi connectivity index (χ0) is 10.7. The minimum absolute atomic E-state index is 0.341. The van der Waals surface area contributed by atoms with Gasteiger partial charge in [0.1, 0.15) is 6.04 Å². The fourth-order valence-corrected chi connectivity index (χ4v) is 2.72. The van der Waals surface area contributed by atoms with Gasteiger partial charge in [0.25, 0.3) is 0 Å². The van der Waals surface area contributed by atoms with Gasteiger partial charge in [-0.1, -0.05) is 0 Å². The molecule has 0 amide bonds. The summed E-state index contributed by atoms with van der Waals surface area (Å²) in [7, 11) is 0. The number of carboxylic acids is 1. The van der Waals surface area contributed by atoms with Gasteiger partial charge >= 0.3 is 5.97 Å². The highest BCUT2D eigenvalue weighted by Gasteiger charge is 2.29. The third kappa shape index (κ3) is 2.70.